The van der Waals surface area contributed by atoms with Gasteiger partial charge in [0, 0.05) is 32.1 Å². The first kappa shape index (κ1) is 15.0. The Morgan fingerprint density at radius 1 is 1.55 bits per heavy atom. The zero-order chi connectivity index (χ0) is 14.8. The minimum Gasteiger partial charge on any atom is -0.388 e. The number of halogens is 1. The van der Waals surface area contributed by atoms with Gasteiger partial charge >= 0.3 is 5.69 Å². The first-order chi connectivity index (χ1) is 9.42. The highest BCUT2D eigenvalue weighted by molar-refractivity contribution is 6.29. The number of aromatic nitrogens is 1. The van der Waals surface area contributed by atoms with E-state index in [1.165, 1.54) is 12.1 Å². The van der Waals surface area contributed by atoms with Crippen LogP contribution in [0.2, 0.25) is 5.15 Å². The molecule has 1 saturated heterocycles. The first-order valence-corrected chi connectivity index (χ1v) is 6.68. The van der Waals surface area contributed by atoms with Crippen molar-refractivity contribution in [1.29, 1.82) is 0 Å². The zero-order valence-electron chi connectivity index (χ0n) is 11.0. The second kappa shape index (κ2) is 5.90. The molecular formula is C12H16ClN3O4. The van der Waals surface area contributed by atoms with E-state index >= 15 is 0 Å². The fraction of sp³-hybridized carbons (Fsp3) is 0.583. The standard InChI is InChI=1S/C12H16ClN3O4/c1-8(12(17)4-6-20-7-5-12)14-11-9(16(18)19)2-3-10(13)15-11/h2-3,8,17H,4-7H2,1H3,(H,14,15). The molecule has 0 spiro atoms. The van der Waals surface area contributed by atoms with Crippen LogP contribution in [0.3, 0.4) is 0 Å². The lowest BCUT2D eigenvalue weighted by Gasteiger charge is -2.37. The maximum absolute atomic E-state index is 11.0. The third-order valence-corrected chi connectivity index (χ3v) is 3.77. The number of aliphatic hydroxyl groups is 1. The fourth-order valence-electron chi connectivity index (χ4n) is 2.18. The maximum Gasteiger partial charge on any atom is 0.311 e. The van der Waals surface area contributed by atoms with Gasteiger partial charge in [0.2, 0.25) is 5.82 Å². The Labute approximate surface area is 121 Å². The van der Waals surface area contributed by atoms with Crippen molar-refractivity contribution < 1.29 is 14.8 Å². The number of anilines is 1. The smallest absolute Gasteiger partial charge is 0.311 e. The van der Waals surface area contributed by atoms with Crippen molar-refractivity contribution in [1.82, 2.24) is 4.98 Å². The molecule has 2 heterocycles. The molecule has 1 aliphatic rings. The van der Waals surface area contributed by atoms with E-state index in [1.54, 1.807) is 6.92 Å². The lowest BCUT2D eigenvalue weighted by atomic mass is 9.87. The molecule has 1 aromatic heterocycles. The Morgan fingerprint density at radius 3 is 2.80 bits per heavy atom. The number of rotatable bonds is 4. The van der Waals surface area contributed by atoms with Gasteiger partial charge in [-0.3, -0.25) is 10.1 Å². The van der Waals surface area contributed by atoms with Crippen LogP contribution < -0.4 is 5.32 Å². The quantitative estimate of drug-likeness (QED) is 0.501. The van der Waals surface area contributed by atoms with Crippen LogP contribution in [0.5, 0.6) is 0 Å². The van der Waals surface area contributed by atoms with Crippen LogP contribution in [-0.2, 0) is 4.74 Å². The van der Waals surface area contributed by atoms with Gasteiger partial charge in [-0.25, -0.2) is 4.98 Å². The highest BCUT2D eigenvalue weighted by Gasteiger charge is 2.36. The molecule has 0 bridgehead atoms. The molecule has 110 valence electrons. The number of hydrogen-bond donors (Lipinski definition) is 2. The summed E-state index contributed by atoms with van der Waals surface area (Å²) in [5, 5.41) is 24.6. The lowest BCUT2D eigenvalue weighted by Crippen LogP contribution is -2.49. The number of nitrogens with zero attached hydrogens (tertiary/aromatic N) is 2. The molecule has 0 aliphatic carbocycles. The molecule has 7 nitrogen and oxygen atoms in total. The topological polar surface area (TPSA) is 97.5 Å². The Bertz CT molecular complexity index is 505. The van der Waals surface area contributed by atoms with Crippen LogP contribution in [-0.4, -0.2) is 39.9 Å². The van der Waals surface area contributed by atoms with E-state index in [1.807, 2.05) is 0 Å². The molecule has 0 radical (unpaired) electrons. The average molecular weight is 302 g/mol. The molecule has 8 heteroatoms. The fourth-order valence-corrected chi connectivity index (χ4v) is 2.33. The highest BCUT2D eigenvalue weighted by atomic mass is 35.5. The predicted molar refractivity (Wildman–Crippen MR) is 74.0 cm³/mol. The molecule has 2 rings (SSSR count). The molecular weight excluding hydrogens is 286 g/mol. The van der Waals surface area contributed by atoms with Gasteiger partial charge in [-0.1, -0.05) is 11.6 Å². The summed E-state index contributed by atoms with van der Waals surface area (Å²) in [4.78, 5) is 14.4. The van der Waals surface area contributed by atoms with Crippen molar-refractivity contribution in [3.05, 3.63) is 27.4 Å². The van der Waals surface area contributed by atoms with Gasteiger partial charge < -0.3 is 15.2 Å². The van der Waals surface area contributed by atoms with Crippen LogP contribution in [0, 0.1) is 10.1 Å². The molecule has 0 aromatic carbocycles. The van der Waals surface area contributed by atoms with Gasteiger partial charge in [0.25, 0.3) is 0 Å². The van der Waals surface area contributed by atoms with Crippen molar-refractivity contribution in [2.75, 3.05) is 18.5 Å². The maximum atomic E-state index is 11.0. The summed E-state index contributed by atoms with van der Waals surface area (Å²) < 4.78 is 5.21. The first-order valence-electron chi connectivity index (χ1n) is 6.30. The van der Waals surface area contributed by atoms with Crippen LogP contribution in [0.15, 0.2) is 12.1 Å². The Kier molecular flexibility index (Phi) is 4.42. The third kappa shape index (κ3) is 3.17. The third-order valence-electron chi connectivity index (χ3n) is 3.55. The molecule has 20 heavy (non-hydrogen) atoms. The van der Waals surface area contributed by atoms with Crippen LogP contribution in [0.25, 0.3) is 0 Å². The number of ether oxygens (including phenoxy) is 1. The molecule has 1 fully saturated rings. The Balaban J connectivity index is 2.20. The van der Waals surface area contributed by atoms with Crippen molar-refractivity contribution in [2.24, 2.45) is 0 Å². The van der Waals surface area contributed by atoms with Crippen molar-refractivity contribution in [3.8, 4) is 0 Å². The highest BCUT2D eigenvalue weighted by Crippen LogP contribution is 2.30. The summed E-state index contributed by atoms with van der Waals surface area (Å²) in [6.45, 7) is 2.69. The number of pyridine rings is 1. The molecule has 0 amide bonds. The van der Waals surface area contributed by atoms with Crippen molar-refractivity contribution >= 4 is 23.1 Å². The van der Waals surface area contributed by atoms with Gasteiger partial charge in [-0.2, -0.15) is 0 Å². The van der Waals surface area contributed by atoms with E-state index < -0.39 is 16.6 Å². The van der Waals surface area contributed by atoms with Crippen LogP contribution >= 0.6 is 11.6 Å². The molecule has 1 unspecified atom stereocenters. The minimum atomic E-state index is -0.976. The monoisotopic (exact) mass is 301 g/mol. The van der Waals surface area contributed by atoms with Crippen molar-refractivity contribution in [3.63, 3.8) is 0 Å². The summed E-state index contributed by atoms with van der Waals surface area (Å²) in [7, 11) is 0. The molecule has 1 aliphatic heterocycles. The number of nitro groups is 1. The largest absolute Gasteiger partial charge is 0.388 e. The lowest BCUT2D eigenvalue weighted by molar-refractivity contribution is -0.384. The molecule has 2 N–H and O–H groups in total. The normalized spacial score (nSPS) is 19.4. The molecule has 1 atom stereocenters. The number of nitrogens with one attached hydrogen (secondary N) is 1. The van der Waals surface area contributed by atoms with E-state index in [-0.39, 0.29) is 16.7 Å². The molecule has 1 aromatic rings. The van der Waals surface area contributed by atoms with Gasteiger partial charge in [0.1, 0.15) is 5.15 Å². The number of hydrogen-bond acceptors (Lipinski definition) is 6. The summed E-state index contributed by atoms with van der Waals surface area (Å²) in [5.41, 5.74) is -1.15. The second-order valence-corrected chi connectivity index (χ2v) is 5.23. The van der Waals surface area contributed by atoms with Gasteiger partial charge in [0.15, 0.2) is 0 Å². The van der Waals surface area contributed by atoms with E-state index in [9.17, 15) is 15.2 Å². The zero-order valence-corrected chi connectivity index (χ0v) is 11.8. The van der Waals surface area contributed by atoms with E-state index in [0.717, 1.165) is 0 Å². The van der Waals surface area contributed by atoms with Crippen molar-refractivity contribution in [2.45, 2.75) is 31.4 Å². The van der Waals surface area contributed by atoms with Gasteiger partial charge in [-0.15, -0.1) is 0 Å². The van der Waals surface area contributed by atoms with Gasteiger partial charge in [0.05, 0.1) is 16.6 Å². The van der Waals surface area contributed by atoms with Gasteiger partial charge in [-0.05, 0) is 13.0 Å². The second-order valence-electron chi connectivity index (χ2n) is 4.84. The van der Waals surface area contributed by atoms with E-state index in [4.69, 9.17) is 16.3 Å². The summed E-state index contributed by atoms with van der Waals surface area (Å²) in [6.07, 6.45) is 0.936. The summed E-state index contributed by atoms with van der Waals surface area (Å²) >= 11 is 5.77. The van der Waals surface area contributed by atoms with E-state index in [2.05, 4.69) is 10.3 Å². The summed E-state index contributed by atoms with van der Waals surface area (Å²) in [6, 6.07) is 2.24. The Hall–Kier alpha value is -1.44. The Morgan fingerprint density at radius 2 is 2.20 bits per heavy atom. The minimum absolute atomic E-state index is 0.0647. The van der Waals surface area contributed by atoms with Crippen LogP contribution in [0.1, 0.15) is 19.8 Å². The molecule has 0 saturated carbocycles. The SMILES string of the molecule is CC(Nc1nc(Cl)ccc1[N+](=O)[O-])C1(O)CCOCC1. The summed E-state index contributed by atoms with van der Waals surface area (Å²) in [5.74, 6) is 0.0647. The average Bonchev–Trinajstić information content (AvgIpc) is 2.39. The predicted octanol–water partition coefficient (Wildman–Crippen LogP) is 1.99. The van der Waals surface area contributed by atoms with Crippen LogP contribution in [0.4, 0.5) is 11.5 Å². The van der Waals surface area contributed by atoms with E-state index in [0.29, 0.717) is 26.1 Å².